The van der Waals surface area contributed by atoms with Crippen molar-refractivity contribution in [2.75, 3.05) is 13.7 Å². The fourth-order valence-corrected chi connectivity index (χ4v) is 5.07. The molecule has 1 aromatic carbocycles. The number of thiophene rings is 1. The van der Waals surface area contributed by atoms with E-state index >= 15 is 0 Å². The quantitative estimate of drug-likeness (QED) is 0.773. The molecular weight excluding hydrogens is 382 g/mol. The molecule has 0 radical (unpaired) electrons. The standard InChI is InChI=1S/C20H22ClN3O2S/c1-20(15-7-6-13-4-3-5-14(13)10-15)18(25)24(19(26)22-20)12-23(2)11-16-8-9-17(21)27-16/h6-10H,3-5,11-12H2,1-2H3,(H,22,26)/t20-/m0/s1. The van der Waals surface area contributed by atoms with Crippen molar-refractivity contribution in [2.24, 2.45) is 0 Å². The van der Waals surface area contributed by atoms with Gasteiger partial charge in [0.15, 0.2) is 0 Å². The molecule has 1 aliphatic carbocycles. The topological polar surface area (TPSA) is 52.6 Å². The first kappa shape index (κ1) is 18.5. The third kappa shape index (κ3) is 3.37. The van der Waals surface area contributed by atoms with Crippen molar-refractivity contribution >= 4 is 34.9 Å². The lowest BCUT2D eigenvalue weighted by Crippen LogP contribution is -2.42. The molecule has 1 atom stereocenters. The monoisotopic (exact) mass is 403 g/mol. The number of aryl methyl sites for hydroxylation is 2. The number of fused-ring (bicyclic) bond motifs is 1. The van der Waals surface area contributed by atoms with Crippen LogP contribution in [0, 0.1) is 0 Å². The van der Waals surface area contributed by atoms with Gasteiger partial charge in [0.2, 0.25) is 0 Å². The molecule has 142 valence electrons. The van der Waals surface area contributed by atoms with E-state index < -0.39 is 5.54 Å². The maximum atomic E-state index is 13.1. The average Bonchev–Trinajstić information content (AvgIpc) is 3.30. The van der Waals surface area contributed by atoms with E-state index in [2.05, 4.69) is 17.4 Å². The smallest absolute Gasteiger partial charge is 0.319 e. The zero-order valence-corrected chi connectivity index (χ0v) is 17.0. The number of nitrogens with zero attached hydrogens (tertiary/aromatic N) is 2. The van der Waals surface area contributed by atoms with Crippen molar-refractivity contribution in [3.63, 3.8) is 0 Å². The van der Waals surface area contributed by atoms with Gasteiger partial charge in [-0.15, -0.1) is 11.3 Å². The largest absolute Gasteiger partial charge is 0.326 e. The number of carbonyl (C=O) groups excluding carboxylic acids is 2. The van der Waals surface area contributed by atoms with Crippen LogP contribution in [0.5, 0.6) is 0 Å². The number of halogens is 1. The second kappa shape index (κ2) is 6.93. The van der Waals surface area contributed by atoms with Crippen molar-refractivity contribution < 1.29 is 9.59 Å². The summed E-state index contributed by atoms with van der Waals surface area (Å²) in [6, 6.07) is 9.62. The van der Waals surface area contributed by atoms with Gasteiger partial charge in [0.1, 0.15) is 5.54 Å². The number of hydrogen-bond donors (Lipinski definition) is 1. The van der Waals surface area contributed by atoms with Crippen LogP contribution in [0.3, 0.4) is 0 Å². The molecule has 5 nitrogen and oxygen atoms in total. The summed E-state index contributed by atoms with van der Waals surface area (Å²) in [4.78, 5) is 30.0. The van der Waals surface area contributed by atoms with Crippen LogP contribution in [0.4, 0.5) is 4.79 Å². The summed E-state index contributed by atoms with van der Waals surface area (Å²) < 4.78 is 0.734. The van der Waals surface area contributed by atoms with Crippen LogP contribution >= 0.6 is 22.9 Å². The van der Waals surface area contributed by atoms with Crippen LogP contribution in [0.15, 0.2) is 30.3 Å². The van der Waals surface area contributed by atoms with Gasteiger partial charge in [-0.3, -0.25) is 9.69 Å². The first-order valence-electron chi connectivity index (χ1n) is 9.06. The second-order valence-corrected chi connectivity index (χ2v) is 9.29. The van der Waals surface area contributed by atoms with Gasteiger partial charge in [-0.25, -0.2) is 9.69 Å². The van der Waals surface area contributed by atoms with Crippen molar-refractivity contribution in [3.8, 4) is 0 Å². The van der Waals surface area contributed by atoms with Gasteiger partial charge in [-0.05, 0) is 62.1 Å². The van der Waals surface area contributed by atoms with Gasteiger partial charge in [-0.1, -0.05) is 29.8 Å². The van der Waals surface area contributed by atoms with E-state index in [4.69, 9.17) is 11.6 Å². The molecule has 1 aromatic heterocycles. The number of rotatable bonds is 5. The Bertz CT molecular complexity index is 912. The summed E-state index contributed by atoms with van der Waals surface area (Å²) in [5, 5.41) is 2.90. The molecule has 1 saturated heterocycles. The predicted octanol–water partition coefficient (Wildman–Crippen LogP) is 3.75. The summed E-state index contributed by atoms with van der Waals surface area (Å²) in [5.74, 6) is -0.207. The molecule has 2 aliphatic rings. The molecule has 4 rings (SSSR count). The maximum absolute atomic E-state index is 13.1. The number of carbonyl (C=O) groups is 2. The number of urea groups is 1. The summed E-state index contributed by atoms with van der Waals surface area (Å²) in [6.07, 6.45) is 3.28. The Morgan fingerprint density at radius 3 is 2.74 bits per heavy atom. The number of amides is 3. The number of imide groups is 1. The Hall–Kier alpha value is -1.89. The highest BCUT2D eigenvalue weighted by molar-refractivity contribution is 7.16. The predicted molar refractivity (Wildman–Crippen MR) is 107 cm³/mol. The highest BCUT2D eigenvalue weighted by Gasteiger charge is 2.49. The van der Waals surface area contributed by atoms with E-state index in [1.165, 1.54) is 27.4 Å². The Kier molecular flexibility index (Phi) is 4.74. The highest BCUT2D eigenvalue weighted by Crippen LogP contribution is 2.32. The fourth-order valence-electron chi connectivity index (χ4n) is 3.90. The maximum Gasteiger partial charge on any atom is 0.326 e. The molecule has 2 heterocycles. The van der Waals surface area contributed by atoms with Crippen LogP contribution < -0.4 is 5.32 Å². The zero-order chi connectivity index (χ0) is 19.2. The van der Waals surface area contributed by atoms with Crippen LogP contribution in [-0.2, 0) is 29.7 Å². The normalized spacial score (nSPS) is 21.9. The van der Waals surface area contributed by atoms with E-state index in [0.717, 1.165) is 34.0 Å². The lowest BCUT2D eigenvalue weighted by atomic mass is 9.90. The van der Waals surface area contributed by atoms with E-state index in [9.17, 15) is 9.59 Å². The number of hydrogen-bond acceptors (Lipinski definition) is 4. The Morgan fingerprint density at radius 2 is 2.00 bits per heavy atom. The first-order chi connectivity index (χ1) is 12.9. The number of benzene rings is 1. The van der Waals surface area contributed by atoms with Gasteiger partial charge in [0, 0.05) is 11.4 Å². The lowest BCUT2D eigenvalue weighted by molar-refractivity contribution is -0.132. The van der Waals surface area contributed by atoms with Crippen LogP contribution in [0.2, 0.25) is 4.34 Å². The molecule has 1 aliphatic heterocycles. The van der Waals surface area contributed by atoms with Gasteiger partial charge in [-0.2, -0.15) is 0 Å². The van der Waals surface area contributed by atoms with Crippen molar-refractivity contribution in [2.45, 2.75) is 38.3 Å². The molecule has 1 N–H and O–H groups in total. The Labute approximate surface area is 167 Å². The average molecular weight is 404 g/mol. The van der Waals surface area contributed by atoms with Crippen molar-refractivity contribution in [3.05, 3.63) is 56.2 Å². The van der Waals surface area contributed by atoms with E-state index in [-0.39, 0.29) is 18.6 Å². The van der Waals surface area contributed by atoms with Crippen molar-refractivity contribution in [1.29, 1.82) is 0 Å². The zero-order valence-electron chi connectivity index (χ0n) is 15.4. The van der Waals surface area contributed by atoms with Gasteiger partial charge < -0.3 is 5.32 Å². The third-order valence-electron chi connectivity index (χ3n) is 5.39. The molecule has 3 amide bonds. The van der Waals surface area contributed by atoms with E-state index in [1.807, 2.05) is 30.1 Å². The molecule has 0 spiro atoms. The van der Waals surface area contributed by atoms with Crippen LogP contribution in [0.1, 0.15) is 34.9 Å². The van der Waals surface area contributed by atoms with E-state index in [0.29, 0.717) is 6.54 Å². The van der Waals surface area contributed by atoms with Gasteiger partial charge in [0.05, 0.1) is 11.0 Å². The molecule has 7 heteroatoms. The van der Waals surface area contributed by atoms with Gasteiger partial charge in [0.25, 0.3) is 5.91 Å². The second-order valence-electron chi connectivity index (χ2n) is 7.49. The van der Waals surface area contributed by atoms with Gasteiger partial charge >= 0.3 is 6.03 Å². The molecule has 2 aromatic rings. The molecule has 0 unspecified atom stereocenters. The molecule has 0 saturated carbocycles. The summed E-state index contributed by atoms with van der Waals surface area (Å²) >= 11 is 7.48. The number of nitrogens with one attached hydrogen (secondary N) is 1. The van der Waals surface area contributed by atoms with E-state index in [1.54, 1.807) is 6.92 Å². The highest BCUT2D eigenvalue weighted by atomic mass is 35.5. The molecular formula is C20H22ClN3O2S. The van der Waals surface area contributed by atoms with Crippen LogP contribution in [-0.4, -0.2) is 35.5 Å². The SMILES string of the molecule is CN(Cc1ccc(Cl)s1)CN1C(=O)N[C@@](C)(c2ccc3c(c2)CCC3)C1=O. The summed E-state index contributed by atoms with van der Waals surface area (Å²) in [7, 11) is 1.89. The minimum Gasteiger partial charge on any atom is -0.319 e. The minimum atomic E-state index is -1.01. The fraction of sp³-hybridized carbons (Fsp3) is 0.400. The molecule has 27 heavy (non-hydrogen) atoms. The van der Waals surface area contributed by atoms with Crippen LogP contribution in [0.25, 0.3) is 0 Å². The molecule has 1 fully saturated rings. The Morgan fingerprint density at radius 1 is 1.22 bits per heavy atom. The van der Waals surface area contributed by atoms with Crippen molar-refractivity contribution in [1.82, 2.24) is 15.1 Å². The Balaban J connectivity index is 1.51. The summed E-state index contributed by atoms with van der Waals surface area (Å²) in [6.45, 7) is 2.66. The first-order valence-corrected chi connectivity index (χ1v) is 10.3. The summed E-state index contributed by atoms with van der Waals surface area (Å²) in [5.41, 5.74) is 2.49. The third-order valence-corrected chi connectivity index (χ3v) is 6.60. The minimum absolute atomic E-state index is 0.207. The lowest BCUT2D eigenvalue weighted by Gasteiger charge is -2.25. The molecule has 0 bridgehead atoms.